The predicted molar refractivity (Wildman–Crippen MR) is 83.4 cm³/mol. The number of rotatable bonds is 7. The maximum absolute atomic E-state index is 3.55. The number of hydrogen-bond acceptors (Lipinski definition) is 2. The van der Waals surface area contributed by atoms with Crippen molar-refractivity contribution in [3.05, 3.63) is 21.9 Å². The summed E-state index contributed by atoms with van der Waals surface area (Å²) in [4.78, 5) is 2.95. The highest BCUT2D eigenvalue weighted by atomic mass is 32.1. The summed E-state index contributed by atoms with van der Waals surface area (Å²) in [5, 5.41) is 3.55. The van der Waals surface area contributed by atoms with Crippen LogP contribution in [-0.2, 0) is 12.0 Å². The fourth-order valence-corrected chi connectivity index (χ4v) is 2.93. The van der Waals surface area contributed by atoms with Gasteiger partial charge in [-0.1, -0.05) is 47.5 Å². The first-order valence-electron chi connectivity index (χ1n) is 7.19. The van der Waals surface area contributed by atoms with E-state index in [1.807, 2.05) is 11.3 Å². The van der Waals surface area contributed by atoms with Crippen LogP contribution in [-0.4, -0.2) is 6.54 Å². The molecule has 1 heterocycles. The summed E-state index contributed by atoms with van der Waals surface area (Å²) in [5.74, 6) is 0.844. The molecule has 0 aromatic carbocycles. The van der Waals surface area contributed by atoms with Gasteiger partial charge in [-0.2, -0.15) is 0 Å². The Morgan fingerprint density at radius 2 is 1.89 bits per heavy atom. The van der Waals surface area contributed by atoms with Gasteiger partial charge in [-0.05, 0) is 36.4 Å². The van der Waals surface area contributed by atoms with Gasteiger partial charge in [0, 0.05) is 16.3 Å². The minimum atomic E-state index is 0.292. The van der Waals surface area contributed by atoms with Gasteiger partial charge in [0.2, 0.25) is 0 Å². The van der Waals surface area contributed by atoms with E-state index >= 15 is 0 Å². The third-order valence-electron chi connectivity index (χ3n) is 3.09. The van der Waals surface area contributed by atoms with Gasteiger partial charge in [-0.3, -0.25) is 0 Å². The highest BCUT2D eigenvalue weighted by molar-refractivity contribution is 7.12. The van der Waals surface area contributed by atoms with E-state index in [2.05, 4.69) is 52.1 Å². The molecule has 1 aromatic heterocycles. The molecule has 0 atom stereocenters. The molecule has 0 fully saturated rings. The quantitative estimate of drug-likeness (QED) is 0.688. The van der Waals surface area contributed by atoms with Crippen LogP contribution in [0.4, 0.5) is 0 Å². The van der Waals surface area contributed by atoms with E-state index in [4.69, 9.17) is 0 Å². The highest BCUT2D eigenvalue weighted by Crippen LogP contribution is 2.29. The minimum Gasteiger partial charge on any atom is -0.312 e. The lowest BCUT2D eigenvalue weighted by molar-refractivity contribution is 0.521. The number of unbranched alkanes of at least 4 members (excludes halogenated alkanes) is 1. The number of thiophene rings is 1. The average Bonchev–Trinajstić information content (AvgIpc) is 2.71. The molecule has 1 rings (SSSR count). The van der Waals surface area contributed by atoms with Gasteiger partial charge in [0.25, 0.3) is 0 Å². The Hall–Kier alpha value is -0.340. The van der Waals surface area contributed by atoms with E-state index in [0.717, 1.165) is 19.0 Å². The van der Waals surface area contributed by atoms with E-state index in [0.29, 0.717) is 5.41 Å². The molecular weight excluding hydrogens is 238 g/mol. The number of nitrogens with one attached hydrogen (secondary N) is 1. The molecule has 0 bridgehead atoms. The van der Waals surface area contributed by atoms with Crippen molar-refractivity contribution in [3.63, 3.8) is 0 Å². The van der Waals surface area contributed by atoms with Crippen molar-refractivity contribution in [1.82, 2.24) is 5.32 Å². The molecule has 18 heavy (non-hydrogen) atoms. The van der Waals surface area contributed by atoms with Crippen LogP contribution in [0.1, 0.15) is 63.6 Å². The standard InChI is InChI=1S/C16H29NS/c1-13(2)8-6-7-11-17-12-14-9-10-15(18-14)16(3,4)5/h9-10,13,17H,6-8,11-12H2,1-5H3. The maximum Gasteiger partial charge on any atom is 0.0299 e. The molecule has 0 amide bonds. The fraction of sp³-hybridized carbons (Fsp3) is 0.750. The van der Waals surface area contributed by atoms with Crippen LogP contribution in [0.15, 0.2) is 12.1 Å². The lowest BCUT2D eigenvalue weighted by Gasteiger charge is -2.15. The van der Waals surface area contributed by atoms with Crippen molar-refractivity contribution in [2.24, 2.45) is 5.92 Å². The number of hydrogen-bond donors (Lipinski definition) is 1. The lowest BCUT2D eigenvalue weighted by atomic mass is 9.95. The molecule has 0 spiro atoms. The smallest absolute Gasteiger partial charge is 0.0299 e. The highest BCUT2D eigenvalue weighted by Gasteiger charge is 2.15. The fourth-order valence-electron chi connectivity index (χ4n) is 1.89. The second-order valence-electron chi connectivity index (χ2n) is 6.58. The molecule has 1 nitrogen and oxygen atoms in total. The molecule has 0 unspecified atom stereocenters. The zero-order valence-corrected chi connectivity index (χ0v) is 13.5. The second-order valence-corrected chi connectivity index (χ2v) is 7.75. The van der Waals surface area contributed by atoms with Crippen LogP contribution in [0, 0.1) is 5.92 Å². The third-order valence-corrected chi connectivity index (χ3v) is 4.60. The van der Waals surface area contributed by atoms with E-state index in [1.165, 1.54) is 29.0 Å². The molecule has 1 aromatic rings. The molecule has 104 valence electrons. The lowest BCUT2D eigenvalue weighted by Crippen LogP contribution is -2.14. The van der Waals surface area contributed by atoms with Crippen molar-refractivity contribution < 1.29 is 0 Å². The van der Waals surface area contributed by atoms with E-state index < -0.39 is 0 Å². The Bertz CT molecular complexity index is 333. The van der Waals surface area contributed by atoms with E-state index in [1.54, 1.807) is 0 Å². The van der Waals surface area contributed by atoms with Crippen LogP contribution in [0.25, 0.3) is 0 Å². The molecule has 0 aliphatic carbocycles. The van der Waals surface area contributed by atoms with Crippen molar-refractivity contribution in [3.8, 4) is 0 Å². The van der Waals surface area contributed by atoms with Crippen molar-refractivity contribution in [1.29, 1.82) is 0 Å². The molecule has 0 radical (unpaired) electrons. The first kappa shape index (κ1) is 15.7. The zero-order chi connectivity index (χ0) is 13.6. The van der Waals surface area contributed by atoms with Crippen LogP contribution >= 0.6 is 11.3 Å². The SMILES string of the molecule is CC(C)CCCCNCc1ccc(C(C)(C)C)s1. The Morgan fingerprint density at radius 1 is 1.17 bits per heavy atom. The Kier molecular flexibility index (Phi) is 6.37. The second kappa shape index (κ2) is 7.30. The van der Waals surface area contributed by atoms with Crippen molar-refractivity contribution in [2.45, 2.75) is 65.8 Å². The summed E-state index contributed by atoms with van der Waals surface area (Å²) in [6.45, 7) is 13.6. The van der Waals surface area contributed by atoms with Crippen LogP contribution in [0.2, 0.25) is 0 Å². The van der Waals surface area contributed by atoms with E-state index in [-0.39, 0.29) is 0 Å². The van der Waals surface area contributed by atoms with E-state index in [9.17, 15) is 0 Å². The molecule has 0 saturated heterocycles. The molecule has 1 N–H and O–H groups in total. The molecule has 0 saturated carbocycles. The van der Waals surface area contributed by atoms with Crippen molar-refractivity contribution >= 4 is 11.3 Å². The zero-order valence-electron chi connectivity index (χ0n) is 12.7. The van der Waals surface area contributed by atoms with Gasteiger partial charge in [-0.25, -0.2) is 0 Å². The first-order chi connectivity index (χ1) is 8.39. The van der Waals surface area contributed by atoms with Gasteiger partial charge in [0.05, 0.1) is 0 Å². The van der Waals surface area contributed by atoms with Gasteiger partial charge in [0.1, 0.15) is 0 Å². The van der Waals surface area contributed by atoms with Crippen LogP contribution in [0.3, 0.4) is 0 Å². The average molecular weight is 267 g/mol. The van der Waals surface area contributed by atoms with Gasteiger partial charge < -0.3 is 5.32 Å². The third kappa shape index (κ3) is 6.01. The largest absolute Gasteiger partial charge is 0.312 e. The normalized spacial score (nSPS) is 12.3. The van der Waals surface area contributed by atoms with Gasteiger partial charge in [-0.15, -0.1) is 11.3 Å². The van der Waals surface area contributed by atoms with Gasteiger partial charge in [0.15, 0.2) is 0 Å². The Morgan fingerprint density at radius 3 is 2.44 bits per heavy atom. The first-order valence-corrected chi connectivity index (χ1v) is 8.01. The van der Waals surface area contributed by atoms with Crippen molar-refractivity contribution in [2.75, 3.05) is 6.54 Å². The van der Waals surface area contributed by atoms with Crippen LogP contribution < -0.4 is 5.32 Å². The summed E-state index contributed by atoms with van der Waals surface area (Å²) < 4.78 is 0. The minimum absolute atomic E-state index is 0.292. The predicted octanol–water partition coefficient (Wildman–Crippen LogP) is 4.96. The molecule has 0 aliphatic heterocycles. The summed E-state index contributed by atoms with van der Waals surface area (Å²) in [7, 11) is 0. The molecule has 2 heteroatoms. The van der Waals surface area contributed by atoms with Gasteiger partial charge >= 0.3 is 0 Å². The molecular formula is C16H29NS. The maximum atomic E-state index is 3.55. The summed E-state index contributed by atoms with van der Waals surface area (Å²) in [6.07, 6.45) is 4.01. The summed E-state index contributed by atoms with van der Waals surface area (Å²) in [5.41, 5.74) is 0.292. The summed E-state index contributed by atoms with van der Waals surface area (Å²) >= 11 is 1.95. The Labute approximate surface area is 117 Å². The molecule has 0 aliphatic rings. The monoisotopic (exact) mass is 267 g/mol. The Balaban J connectivity index is 2.18. The topological polar surface area (TPSA) is 12.0 Å². The summed E-state index contributed by atoms with van der Waals surface area (Å²) in [6, 6.07) is 4.55. The van der Waals surface area contributed by atoms with Crippen LogP contribution in [0.5, 0.6) is 0 Å².